The summed E-state index contributed by atoms with van der Waals surface area (Å²) in [5, 5.41) is 2.15. The third kappa shape index (κ3) is 7.13. The molecule has 0 bridgehead atoms. The molecule has 7 aromatic carbocycles. The van der Waals surface area contributed by atoms with E-state index in [-0.39, 0.29) is 26.5 Å². The molecule has 0 fully saturated rings. The predicted octanol–water partition coefficient (Wildman–Crippen LogP) is 13.9. The summed E-state index contributed by atoms with van der Waals surface area (Å²) in [6.07, 6.45) is 1.87. The average Bonchev–Trinajstić information content (AvgIpc) is 3.79. The molecule has 10 rings (SSSR count). The first kappa shape index (κ1) is 38.9. The van der Waals surface area contributed by atoms with Crippen LogP contribution in [-0.2, 0) is 26.5 Å². The van der Waals surface area contributed by atoms with Crippen molar-refractivity contribution in [1.29, 1.82) is 0 Å². The first-order valence-electron chi connectivity index (χ1n) is 19.5. The number of fused-ring (bicyclic) bond motifs is 4. The van der Waals surface area contributed by atoms with Crippen molar-refractivity contribution in [3.05, 3.63) is 200 Å². The molecule has 298 valence electrons. The van der Waals surface area contributed by atoms with Crippen LogP contribution in [0, 0.1) is 30.4 Å². The topological polar surface area (TPSA) is 33.5 Å². The molecule has 1 aliphatic rings. The second-order valence-corrected chi connectivity index (χ2v) is 15.7. The fourth-order valence-electron chi connectivity index (χ4n) is 7.94. The Morgan fingerprint density at radius 3 is 2.03 bits per heavy atom. The van der Waals surface area contributed by atoms with Gasteiger partial charge in [-0.2, -0.15) is 6.07 Å². The standard InChI is InChI=1S/C52H37F2N4O.Pt/c1-52(2,3)37-23-24-55-51(29-37)58-47-18-10-8-16-44(47)45-22-21-41(32-50(45)58)59-42-28-35(34-13-5-4-6-14-34)27-40(31-42)56-33-57(49-20-12-11-19-48(49)56)46-17-9-7-15-43(46)36-25-38(53)30-39(54)26-36;/h4-30,33H,1-3H3;/q-3;. The molecule has 0 saturated carbocycles. The number of pyridine rings is 1. The minimum absolute atomic E-state index is 0. The van der Waals surface area contributed by atoms with E-state index in [2.05, 4.69) is 97.0 Å². The Labute approximate surface area is 362 Å². The average molecular weight is 967 g/mol. The zero-order valence-corrected chi connectivity index (χ0v) is 35.2. The van der Waals surface area contributed by atoms with Crippen LogP contribution in [0.5, 0.6) is 11.5 Å². The van der Waals surface area contributed by atoms with Crippen LogP contribution in [0.15, 0.2) is 164 Å². The number of anilines is 4. The molecule has 0 radical (unpaired) electrons. The normalized spacial score (nSPS) is 12.5. The minimum atomic E-state index is -0.633. The molecule has 1 aliphatic heterocycles. The smallest absolute Gasteiger partial charge is 0.135 e. The largest absolute Gasteiger partial charge is 0.509 e. The van der Waals surface area contributed by atoms with Crippen molar-refractivity contribution in [3.8, 4) is 39.6 Å². The van der Waals surface area contributed by atoms with Gasteiger partial charge in [-0.3, -0.25) is 0 Å². The van der Waals surface area contributed by atoms with Gasteiger partial charge >= 0.3 is 0 Å². The Hall–Kier alpha value is -6.56. The van der Waals surface area contributed by atoms with E-state index in [9.17, 15) is 8.78 Å². The number of ether oxygens (including phenoxy) is 1. The Morgan fingerprint density at radius 2 is 1.27 bits per heavy atom. The Morgan fingerprint density at radius 1 is 0.583 bits per heavy atom. The van der Waals surface area contributed by atoms with Crippen LogP contribution in [-0.4, -0.2) is 9.55 Å². The van der Waals surface area contributed by atoms with Gasteiger partial charge in [0, 0.05) is 73.0 Å². The van der Waals surface area contributed by atoms with Crippen molar-refractivity contribution in [2.75, 3.05) is 9.80 Å². The molecule has 0 aliphatic carbocycles. The molecule has 2 aromatic heterocycles. The molecule has 3 heterocycles. The monoisotopic (exact) mass is 966 g/mol. The van der Waals surface area contributed by atoms with Crippen LogP contribution in [0.25, 0.3) is 49.9 Å². The van der Waals surface area contributed by atoms with Gasteiger partial charge in [-0.25, -0.2) is 13.8 Å². The van der Waals surface area contributed by atoms with E-state index >= 15 is 0 Å². The van der Waals surface area contributed by atoms with Gasteiger partial charge in [-0.1, -0.05) is 105 Å². The Balaban J connectivity index is 0.00000462. The molecule has 0 N–H and O–H groups in total. The predicted molar refractivity (Wildman–Crippen MR) is 234 cm³/mol. The first-order chi connectivity index (χ1) is 28.7. The number of rotatable bonds is 7. The Kier molecular flexibility index (Phi) is 10.1. The first-order valence-corrected chi connectivity index (χ1v) is 19.5. The molecular formula is C52H37F2N4OPt-3. The number of hydrogen-bond acceptors (Lipinski definition) is 4. The van der Waals surface area contributed by atoms with Crippen molar-refractivity contribution in [2.45, 2.75) is 26.2 Å². The van der Waals surface area contributed by atoms with Crippen molar-refractivity contribution in [1.82, 2.24) is 9.55 Å². The number of aromatic nitrogens is 2. The van der Waals surface area contributed by atoms with E-state index in [0.717, 1.165) is 67.6 Å². The van der Waals surface area contributed by atoms with E-state index in [1.165, 1.54) is 17.7 Å². The summed E-state index contributed by atoms with van der Waals surface area (Å²) in [5.74, 6) is 0.587. The zero-order valence-electron chi connectivity index (χ0n) is 32.9. The summed E-state index contributed by atoms with van der Waals surface area (Å²) in [4.78, 5) is 8.94. The summed E-state index contributed by atoms with van der Waals surface area (Å²) in [6, 6.07) is 57.3. The maximum Gasteiger partial charge on any atom is 0.135 e. The molecule has 0 amide bonds. The fraction of sp³-hybridized carbons (Fsp3) is 0.0769. The number of para-hydroxylation sites is 4. The molecule has 0 saturated heterocycles. The number of benzene rings is 7. The van der Waals surface area contributed by atoms with Crippen LogP contribution in [0.1, 0.15) is 26.3 Å². The second kappa shape index (κ2) is 15.6. The summed E-state index contributed by atoms with van der Waals surface area (Å²) in [5.41, 5.74) is 9.42. The van der Waals surface area contributed by atoms with Gasteiger partial charge in [0.25, 0.3) is 0 Å². The Bertz CT molecular complexity index is 3030. The number of nitrogens with zero attached hydrogens (tertiary/aromatic N) is 4. The quantitative estimate of drug-likeness (QED) is 0.149. The van der Waals surface area contributed by atoms with Gasteiger partial charge in [-0.05, 0) is 76.0 Å². The van der Waals surface area contributed by atoms with Gasteiger partial charge in [-0.15, -0.1) is 53.6 Å². The second-order valence-electron chi connectivity index (χ2n) is 15.7. The van der Waals surface area contributed by atoms with Gasteiger partial charge in [0.05, 0.1) is 0 Å². The van der Waals surface area contributed by atoms with Gasteiger partial charge in [0.2, 0.25) is 0 Å². The van der Waals surface area contributed by atoms with Gasteiger partial charge in [0.15, 0.2) is 0 Å². The SMILES string of the molecule is CC(C)(C)c1ccnc(-n2c3[c-]c(Oc4[c-]c(N5[CH-]N(c6ccccc6-c6cc(F)cc(F)c6)c6ccccc65)cc(-c5ccccc5)c4)ccc3c3ccccc32)c1.[Pt]. The zero-order chi connectivity index (χ0) is 40.3. The van der Waals surface area contributed by atoms with E-state index in [0.29, 0.717) is 22.6 Å². The third-order valence-electron chi connectivity index (χ3n) is 10.8. The molecule has 8 heteroatoms. The van der Waals surface area contributed by atoms with Gasteiger partial charge < -0.3 is 19.1 Å². The summed E-state index contributed by atoms with van der Waals surface area (Å²) in [7, 11) is 0. The summed E-state index contributed by atoms with van der Waals surface area (Å²) in [6.45, 7) is 8.59. The summed E-state index contributed by atoms with van der Waals surface area (Å²) >= 11 is 0. The fourth-order valence-corrected chi connectivity index (χ4v) is 7.94. The molecule has 9 aromatic rings. The summed E-state index contributed by atoms with van der Waals surface area (Å²) < 4.78 is 37.9. The maximum atomic E-state index is 14.5. The minimum Gasteiger partial charge on any atom is -0.509 e. The van der Waals surface area contributed by atoms with Crippen LogP contribution in [0.2, 0.25) is 0 Å². The van der Waals surface area contributed by atoms with E-state index in [1.54, 1.807) is 0 Å². The molecule has 5 nitrogen and oxygen atoms in total. The molecule has 60 heavy (non-hydrogen) atoms. The van der Waals surface area contributed by atoms with E-state index in [1.807, 2.05) is 103 Å². The maximum absolute atomic E-state index is 14.5. The molecule has 0 atom stereocenters. The van der Waals surface area contributed by atoms with E-state index < -0.39 is 11.6 Å². The molecule has 0 spiro atoms. The third-order valence-corrected chi connectivity index (χ3v) is 10.8. The van der Waals surface area contributed by atoms with Crippen molar-refractivity contribution >= 4 is 44.6 Å². The number of hydrogen-bond donors (Lipinski definition) is 0. The van der Waals surface area contributed by atoms with Crippen LogP contribution in [0.3, 0.4) is 0 Å². The van der Waals surface area contributed by atoms with Crippen LogP contribution < -0.4 is 14.5 Å². The number of halogens is 2. The van der Waals surface area contributed by atoms with Crippen LogP contribution >= 0.6 is 0 Å². The van der Waals surface area contributed by atoms with Gasteiger partial charge in [0.1, 0.15) is 17.5 Å². The molecule has 0 unspecified atom stereocenters. The van der Waals surface area contributed by atoms with Crippen molar-refractivity contribution in [3.63, 3.8) is 0 Å². The van der Waals surface area contributed by atoms with Crippen LogP contribution in [0.4, 0.5) is 31.5 Å². The van der Waals surface area contributed by atoms with Crippen molar-refractivity contribution < 1.29 is 34.6 Å². The van der Waals surface area contributed by atoms with Crippen molar-refractivity contribution in [2.24, 2.45) is 0 Å². The van der Waals surface area contributed by atoms with E-state index in [4.69, 9.17) is 9.72 Å². The molecular weight excluding hydrogens is 930 g/mol.